The number of carbonyl (C=O) groups is 4. The smallest absolute Gasteiger partial charge is 0.408 e. The molecule has 4 aromatic rings. The Balaban J connectivity index is 1.25. The van der Waals surface area contributed by atoms with E-state index in [-0.39, 0.29) is 23.9 Å². The number of fused-ring (bicyclic) bond motifs is 3. The van der Waals surface area contributed by atoms with Gasteiger partial charge in [0.2, 0.25) is 0 Å². The van der Waals surface area contributed by atoms with E-state index in [1.165, 1.54) is 0 Å². The normalized spacial score (nSPS) is 15.2. The fourth-order valence-corrected chi connectivity index (χ4v) is 5.16. The van der Waals surface area contributed by atoms with Gasteiger partial charge in [0.1, 0.15) is 6.61 Å². The van der Waals surface area contributed by atoms with Crippen molar-refractivity contribution < 1.29 is 23.9 Å². The molecule has 1 saturated heterocycles. The van der Waals surface area contributed by atoms with E-state index in [9.17, 15) is 19.2 Å². The van der Waals surface area contributed by atoms with E-state index in [2.05, 4.69) is 5.32 Å². The fraction of sp³-hybridized carbons (Fsp3) is 0.0968. The van der Waals surface area contributed by atoms with Gasteiger partial charge in [-0.1, -0.05) is 84.9 Å². The lowest BCUT2D eigenvalue weighted by atomic mass is 9.98. The first-order valence-corrected chi connectivity index (χ1v) is 12.5. The second-order valence-corrected chi connectivity index (χ2v) is 9.20. The predicted octanol–water partition coefficient (Wildman–Crippen LogP) is 5.09. The summed E-state index contributed by atoms with van der Waals surface area (Å²) in [6.07, 6.45) is -0.932. The zero-order valence-corrected chi connectivity index (χ0v) is 20.7. The molecule has 1 N–H and O–H groups in total. The number of nitrogens with one attached hydrogen (secondary N) is 1. The molecular formula is C31H23N3O5. The summed E-state index contributed by atoms with van der Waals surface area (Å²) in [6.45, 7) is 0.0126. The van der Waals surface area contributed by atoms with Crippen molar-refractivity contribution in [2.45, 2.75) is 12.0 Å². The number of hydrogen-bond acceptors (Lipinski definition) is 5. The van der Waals surface area contributed by atoms with Gasteiger partial charge in [-0.25, -0.2) is 19.4 Å². The maximum Gasteiger partial charge on any atom is 0.408 e. The number of para-hydroxylation sites is 2. The third-order valence-corrected chi connectivity index (χ3v) is 6.95. The molecule has 0 aromatic heterocycles. The molecule has 1 fully saturated rings. The molecule has 8 heteroatoms. The number of rotatable bonds is 5. The van der Waals surface area contributed by atoms with Crippen molar-refractivity contribution in [1.82, 2.24) is 5.32 Å². The number of alkyl carbamates (subject to hydrolysis) is 1. The van der Waals surface area contributed by atoms with E-state index < -0.39 is 30.0 Å². The van der Waals surface area contributed by atoms with Gasteiger partial charge in [0.05, 0.1) is 11.4 Å². The molecule has 192 valence electrons. The number of amides is 5. The quantitative estimate of drug-likeness (QED) is 0.372. The Hall–Kier alpha value is -5.24. The van der Waals surface area contributed by atoms with Gasteiger partial charge in [0.15, 0.2) is 6.04 Å². The van der Waals surface area contributed by atoms with Crippen molar-refractivity contribution in [3.63, 3.8) is 0 Å². The molecule has 1 heterocycles. The lowest BCUT2D eigenvalue weighted by Crippen LogP contribution is -2.67. The summed E-state index contributed by atoms with van der Waals surface area (Å²) in [6, 6.07) is 29.9. The SMILES string of the molecule is O=C(NC1C(=O)N(c2ccccc2)C(=O)N(c2ccccc2)C1=O)OCC1c2ccccc2-c2ccccc21. The number of hydrogen-bond donors (Lipinski definition) is 1. The van der Waals surface area contributed by atoms with Gasteiger partial charge in [-0.15, -0.1) is 0 Å². The molecule has 0 saturated carbocycles. The molecule has 0 unspecified atom stereocenters. The van der Waals surface area contributed by atoms with Crippen LogP contribution in [0.3, 0.4) is 0 Å². The number of nitrogens with zero attached hydrogens (tertiary/aromatic N) is 2. The molecular weight excluding hydrogens is 494 g/mol. The zero-order valence-electron chi connectivity index (χ0n) is 20.7. The van der Waals surface area contributed by atoms with E-state index >= 15 is 0 Å². The molecule has 0 atom stereocenters. The van der Waals surface area contributed by atoms with Gasteiger partial charge in [-0.05, 0) is 46.5 Å². The van der Waals surface area contributed by atoms with Crippen LogP contribution in [0.5, 0.6) is 0 Å². The summed E-state index contributed by atoms with van der Waals surface area (Å²) < 4.78 is 5.57. The highest BCUT2D eigenvalue weighted by atomic mass is 16.5. The average Bonchev–Trinajstić information content (AvgIpc) is 3.29. The van der Waals surface area contributed by atoms with Crippen LogP contribution in [0.15, 0.2) is 109 Å². The summed E-state index contributed by atoms with van der Waals surface area (Å²) in [5.74, 6) is -1.92. The number of ether oxygens (including phenoxy) is 1. The first-order valence-electron chi connectivity index (χ1n) is 12.5. The van der Waals surface area contributed by atoms with Gasteiger partial charge in [0.25, 0.3) is 11.8 Å². The second-order valence-electron chi connectivity index (χ2n) is 9.20. The number of carbonyl (C=O) groups excluding carboxylic acids is 4. The van der Waals surface area contributed by atoms with Crippen LogP contribution in [-0.4, -0.2) is 36.6 Å². The third kappa shape index (κ3) is 4.21. The highest BCUT2D eigenvalue weighted by Gasteiger charge is 2.48. The predicted molar refractivity (Wildman–Crippen MR) is 145 cm³/mol. The van der Waals surface area contributed by atoms with Crippen LogP contribution in [0.1, 0.15) is 17.0 Å². The number of benzene rings is 4. The Kier molecular flexibility index (Phi) is 6.13. The summed E-state index contributed by atoms with van der Waals surface area (Å²) in [5, 5.41) is 2.41. The molecule has 1 aliphatic heterocycles. The molecule has 8 nitrogen and oxygen atoms in total. The first-order chi connectivity index (χ1) is 19.0. The Morgan fingerprint density at radius 3 is 1.56 bits per heavy atom. The highest BCUT2D eigenvalue weighted by Crippen LogP contribution is 2.44. The van der Waals surface area contributed by atoms with Crippen LogP contribution >= 0.6 is 0 Å². The third-order valence-electron chi connectivity index (χ3n) is 6.95. The van der Waals surface area contributed by atoms with Crippen LogP contribution in [0, 0.1) is 0 Å². The van der Waals surface area contributed by atoms with Crippen LogP contribution in [-0.2, 0) is 14.3 Å². The van der Waals surface area contributed by atoms with Crippen LogP contribution < -0.4 is 15.1 Å². The number of urea groups is 1. The minimum Gasteiger partial charge on any atom is -0.449 e. The van der Waals surface area contributed by atoms with Crippen molar-refractivity contribution in [1.29, 1.82) is 0 Å². The number of barbiturate groups is 1. The van der Waals surface area contributed by atoms with E-state index in [1.54, 1.807) is 60.7 Å². The minimum atomic E-state index is -1.65. The number of anilines is 2. The molecule has 6 rings (SSSR count). The van der Waals surface area contributed by atoms with E-state index in [1.807, 2.05) is 48.5 Å². The topological polar surface area (TPSA) is 96.0 Å². The summed E-state index contributed by atoms with van der Waals surface area (Å²) in [4.78, 5) is 55.0. The standard InChI is InChI=1S/C31H23N3O5/c35-28-27(29(36)34(21-13-5-2-6-14-21)31(38)33(28)20-11-3-1-4-12-20)32-30(37)39-19-26-24-17-9-7-15-22(24)23-16-8-10-18-25(23)26/h1-18,26-27H,19H2,(H,32,37). The summed E-state index contributed by atoms with van der Waals surface area (Å²) >= 11 is 0. The van der Waals surface area contributed by atoms with Gasteiger partial charge in [-0.2, -0.15) is 0 Å². The fourth-order valence-electron chi connectivity index (χ4n) is 5.16. The lowest BCUT2D eigenvalue weighted by molar-refractivity contribution is -0.129. The molecule has 0 bridgehead atoms. The molecule has 0 spiro atoms. The second kappa shape index (κ2) is 9.90. The Morgan fingerprint density at radius 2 is 1.08 bits per heavy atom. The zero-order chi connectivity index (χ0) is 26.9. The van der Waals surface area contributed by atoms with Gasteiger partial charge < -0.3 is 10.1 Å². The van der Waals surface area contributed by atoms with Crippen LogP contribution in [0.25, 0.3) is 11.1 Å². The van der Waals surface area contributed by atoms with E-state index in [0.29, 0.717) is 0 Å². The number of imide groups is 2. The molecule has 4 aromatic carbocycles. The van der Waals surface area contributed by atoms with Crippen molar-refractivity contribution in [2.24, 2.45) is 0 Å². The molecule has 0 radical (unpaired) electrons. The Bertz CT molecular complexity index is 1480. The van der Waals surface area contributed by atoms with Crippen molar-refractivity contribution >= 4 is 35.3 Å². The van der Waals surface area contributed by atoms with Gasteiger partial charge in [-0.3, -0.25) is 9.59 Å². The summed E-state index contributed by atoms with van der Waals surface area (Å²) in [7, 11) is 0. The van der Waals surface area contributed by atoms with E-state index in [0.717, 1.165) is 32.1 Å². The van der Waals surface area contributed by atoms with Crippen LogP contribution in [0.2, 0.25) is 0 Å². The minimum absolute atomic E-state index is 0.0126. The molecule has 2 aliphatic rings. The van der Waals surface area contributed by atoms with E-state index in [4.69, 9.17) is 4.74 Å². The van der Waals surface area contributed by atoms with Gasteiger partial charge >= 0.3 is 12.1 Å². The first kappa shape index (κ1) is 24.1. The maximum atomic E-state index is 13.4. The van der Waals surface area contributed by atoms with Crippen molar-refractivity contribution in [3.8, 4) is 11.1 Å². The van der Waals surface area contributed by atoms with Crippen LogP contribution in [0.4, 0.5) is 21.0 Å². The Morgan fingerprint density at radius 1 is 0.641 bits per heavy atom. The average molecular weight is 518 g/mol. The summed E-state index contributed by atoms with van der Waals surface area (Å²) in [5.41, 5.74) is 4.78. The van der Waals surface area contributed by atoms with Crippen molar-refractivity contribution in [2.75, 3.05) is 16.4 Å². The lowest BCUT2D eigenvalue weighted by Gasteiger charge is -2.36. The highest BCUT2D eigenvalue weighted by molar-refractivity contribution is 6.38. The Labute approximate surface area is 224 Å². The largest absolute Gasteiger partial charge is 0.449 e. The molecule has 1 aliphatic carbocycles. The van der Waals surface area contributed by atoms with Crippen molar-refractivity contribution in [3.05, 3.63) is 120 Å². The monoisotopic (exact) mass is 517 g/mol. The van der Waals surface area contributed by atoms with Gasteiger partial charge in [0, 0.05) is 5.92 Å². The molecule has 39 heavy (non-hydrogen) atoms. The molecule has 5 amide bonds. The maximum absolute atomic E-state index is 13.4.